The number of likely N-dealkylation sites (N-methyl/N-ethyl adjacent to an activating group) is 2. The first-order valence-electron chi connectivity index (χ1n) is 31.9. The highest BCUT2D eigenvalue weighted by molar-refractivity contribution is 7.21. The lowest BCUT2D eigenvalue weighted by Gasteiger charge is -2.44. The van der Waals surface area contributed by atoms with E-state index in [0.717, 1.165) is 49.5 Å². The van der Waals surface area contributed by atoms with E-state index in [0.29, 0.717) is 36.1 Å². The van der Waals surface area contributed by atoms with Crippen molar-refractivity contribution >= 4 is 87.0 Å². The smallest absolute Gasteiger partial charge is 0.410 e. The summed E-state index contributed by atoms with van der Waals surface area (Å²) in [6.07, 6.45) is -8.29. The Morgan fingerprint density at radius 1 is 0.726 bits per heavy atom. The summed E-state index contributed by atoms with van der Waals surface area (Å²) in [4.78, 5) is 152. The molecule has 27 nitrogen and oxygen atoms in total. The molecule has 5 rings (SSSR count). The van der Waals surface area contributed by atoms with Gasteiger partial charge in [-0.1, -0.05) is 91.3 Å². The second-order valence-corrected chi connectivity index (χ2v) is 25.5. The van der Waals surface area contributed by atoms with Crippen LogP contribution in [0.15, 0.2) is 48.5 Å². The number of carbonyl (C=O) groups is 11. The van der Waals surface area contributed by atoms with Crippen LogP contribution in [0, 0.1) is 23.7 Å². The molecule has 0 spiro atoms. The Labute approximate surface area is 559 Å². The standard InChI is InChI=1S/C67H95N5O22S/c1-18-37(7)55(49(84-15)32-52(77)72-29-23-26-47(72)56(85-16)38(8)61(78)68-46(64(81)86-17)30-43-24-21-20-22-25-43)70(13)63(80)53(35(3)4)69-62(79)54(36(5)6)71(14)67(83)89-33-44-27-28-48(45-31-51(95-60(44)45)65(82)87-19-2)93-66-59(92-42(12)76)58(91-41(11)75)57(90-40(10)74)50(94-66)34-88-39(9)73/h20-22,24-25,27-28,31,35-38,46-47,49-50,53-59,66H,18-19,23,26,29-30,32-34H2,1-17H3,(H,68,78)(H,69,79)/t37?,38-,46?,47+,49-,50-,53+,54+,55+,56-,57+,58+,59?,66-/m1/s1. The van der Waals surface area contributed by atoms with Gasteiger partial charge in [-0.05, 0) is 55.2 Å². The Morgan fingerprint density at radius 2 is 1.37 bits per heavy atom. The zero-order chi connectivity index (χ0) is 70.7. The molecular formula is C67H95N5O22S. The van der Waals surface area contributed by atoms with E-state index in [1.54, 1.807) is 53.5 Å². The Kier molecular flexibility index (Phi) is 29.7. The minimum Gasteiger partial charge on any atom is -0.467 e. The molecule has 5 amide bonds. The quantitative estimate of drug-likeness (QED) is 0.0527. The molecule has 95 heavy (non-hydrogen) atoms. The number of esters is 6. The first kappa shape index (κ1) is 77.8. The van der Waals surface area contributed by atoms with Gasteiger partial charge in [0.25, 0.3) is 0 Å². The van der Waals surface area contributed by atoms with Crippen LogP contribution in [0.5, 0.6) is 5.75 Å². The van der Waals surface area contributed by atoms with Crippen molar-refractivity contribution in [2.24, 2.45) is 23.7 Å². The van der Waals surface area contributed by atoms with E-state index in [-0.39, 0.29) is 47.3 Å². The van der Waals surface area contributed by atoms with Gasteiger partial charge in [0.05, 0.1) is 50.3 Å². The van der Waals surface area contributed by atoms with Crippen LogP contribution in [0.25, 0.3) is 10.1 Å². The summed E-state index contributed by atoms with van der Waals surface area (Å²) in [5.41, 5.74) is 1.19. The summed E-state index contributed by atoms with van der Waals surface area (Å²) in [6, 6.07) is 9.19. The van der Waals surface area contributed by atoms with Crippen molar-refractivity contribution in [3.8, 4) is 5.75 Å². The first-order chi connectivity index (χ1) is 44.9. The predicted molar refractivity (Wildman–Crippen MR) is 344 cm³/mol. The van der Waals surface area contributed by atoms with Crippen LogP contribution in [0.2, 0.25) is 0 Å². The van der Waals surface area contributed by atoms with Crippen molar-refractivity contribution in [1.29, 1.82) is 0 Å². The molecule has 2 aliphatic heterocycles. The average Bonchev–Trinajstić information content (AvgIpc) is 1.76. The maximum Gasteiger partial charge on any atom is 0.410 e. The topological polar surface area (TPSA) is 323 Å². The second kappa shape index (κ2) is 36.2. The number of hydrogen-bond donors (Lipinski definition) is 2. The summed E-state index contributed by atoms with van der Waals surface area (Å²) in [5, 5.41) is 6.03. The van der Waals surface area contributed by atoms with E-state index >= 15 is 0 Å². The highest BCUT2D eigenvalue weighted by Crippen LogP contribution is 2.40. The molecule has 2 N–H and O–H groups in total. The summed E-state index contributed by atoms with van der Waals surface area (Å²) in [5.74, 6) is -8.45. The van der Waals surface area contributed by atoms with E-state index < -0.39 is 164 Å². The molecule has 0 bridgehead atoms. The molecule has 28 heteroatoms. The van der Waals surface area contributed by atoms with Gasteiger partial charge >= 0.3 is 41.9 Å². The third-order valence-corrected chi connectivity index (χ3v) is 18.1. The molecule has 3 heterocycles. The van der Waals surface area contributed by atoms with Crippen LogP contribution in [0.4, 0.5) is 4.79 Å². The summed E-state index contributed by atoms with van der Waals surface area (Å²) in [6.45, 7) is 18.1. The maximum absolute atomic E-state index is 15.0. The number of nitrogens with zero attached hydrogens (tertiary/aromatic N) is 3. The molecular weight excluding hydrogens is 1260 g/mol. The summed E-state index contributed by atoms with van der Waals surface area (Å²) >= 11 is 0.976. The number of nitrogens with one attached hydrogen (secondary N) is 2. The molecule has 0 aliphatic carbocycles. The van der Waals surface area contributed by atoms with Crippen LogP contribution >= 0.6 is 11.3 Å². The van der Waals surface area contributed by atoms with Gasteiger partial charge < -0.3 is 72.5 Å². The predicted octanol–water partition coefficient (Wildman–Crippen LogP) is 6.09. The van der Waals surface area contributed by atoms with Gasteiger partial charge in [0.15, 0.2) is 12.2 Å². The van der Waals surface area contributed by atoms with Gasteiger partial charge in [0.2, 0.25) is 36.0 Å². The van der Waals surface area contributed by atoms with E-state index in [2.05, 4.69) is 10.6 Å². The minimum atomic E-state index is -1.64. The lowest BCUT2D eigenvalue weighted by Crippen LogP contribution is -2.63. The monoisotopic (exact) mass is 1350 g/mol. The number of thiophene rings is 1. The fourth-order valence-electron chi connectivity index (χ4n) is 12.1. The van der Waals surface area contributed by atoms with Crippen LogP contribution in [0.1, 0.15) is 130 Å². The van der Waals surface area contributed by atoms with Crippen molar-refractivity contribution in [1.82, 2.24) is 25.3 Å². The van der Waals surface area contributed by atoms with E-state index in [1.165, 1.54) is 51.5 Å². The number of rotatable bonds is 32. The number of methoxy groups -OCH3 is 3. The normalized spacial score (nSPS) is 20.3. The molecule has 2 fully saturated rings. The number of carbonyl (C=O) groups excluding carboxylic acids is 11. The molecule has 2 saturated heterocycles. The largest absolute Gasteiger partial charge is 0.467 e. The number of hydrogen-bond acceptors (Lipinski definition) is 23. The van der Waals surface area contributed by atoms with Gasteiger partial charge in [-0.25, -0.2) is 14.4 Å². The minimum absolute atomic E-state index is 0.0210. The molecule has 3 aromatic rings. The third-order valence-electron chi connectivity index (χ3n) is 16.9. The Morgan fingerprint density at radius 3 is 1.94 bits per heavy atom. The third kappa shape index (κ3) is 20.5. The number of benzene rings is 2. The lowest BCUT2D eigenvalue weighted by molar-refractivity contribution is -0.288. The molecule has 526 valence electrons. The molecule has 0 radical (unpaired) electrons. The summed E-state index contributed by atoms with van der Waals surface area (Å²) < 4.78 is 63.2. The van der Waals surface area contributed by atoms with Crippen LogP contribution in [0.3, 0.4) is 0 Å². The van der Waals surface area contributed by atoms with Crippen molar-refractivity contribution < 1.29 is 105 Å². The van der Waals surface area contributed by atoms with Gasteiger partial charge in [-0.2, -0.15) is 0 Å². The zero-order valence-electron chi connectivity index (χ0n) is 57.5. The number of amides is 5. The van der Waals surface area contributed by atoms with E-state index in [1.807, 2.05) is 44.2 Å². The number of likely N-dealkylation sites (tertiary alicyclic amines) is 1. The number of fused-ring (bicyclic) bond motifs is 1. The maximum atomic E-state index is 15.0. The first-order valence-corrected chi connectivity index (χ1v) is 32.7. The second-order valence-electron chi connectivity index (χ2n) is 24.4. The highest BCUT2D eigenvalue weighted by atomic mass is 32.1. The fraction of sp³-hybridized carbons (Fsp3) is 0.627. The van der Waals surface area contributed by atoms with Crippen LogP contribution in [-0.4, -0.2) is 209 Å². The Bertz CT molecular complexity index is 3160. The van der Waals surface area contributed by atoms with E-state index in [4.69, 9.17) is 52.1 Å². The van der Waals surface area contributed by atoms with Crippen molar-refractivity contribution in [2.75, 3.05) is 55.2 Å². The molecule has 14 atom stereocenters. The van der Waals surface area contributed by atoms with Gasteiger partial charge in [-0.15, -0.1) is 11.3 Å². The van der Waals surface area contributed by atoms with Crippen LogP contribution < -0.4 is 15.4 Å². The van der Waals surface area contributed by atoms with Gasteiger partial charge in [0.1, 0.15) is 48.1 Å². The average molecular weight is 1350 g/mol. The molecule has 1 aromatic heterocycles. The van der Waals surface area contributed by atoms with E-state index in [9.17, 15) is 52.7 Å². The Hall–Kier alpha value is -7.95. The van der Waals surface area contributed by atoms with Gasteiger partial charge in [-0.3, -0.25) is 43.3 Å². The van der Waals surface area contributed by atoms with Crippen molar-refractivity contribution in [2.45, 2.75) is 195 Å². The SMILES string of the molecule is CCOC(=O)c1cc2c(O[C@@H]3O[C@H](COC(C)=O)[C@H](OC(C)=O)[C@H](OC(C)=O)C3OC(C)=O)ccc(COC(=O)N(C)[C@H](C(=O)N[C@H](C(=O)N(C)[C@@H](C(C)CC)[C@@H](CC(=O)N3CCC[C@H]3[C@H](OC)[C@@H](C)C(=O)NC(Cc3ccccc3)C(=O)OC)OC)C(C)C)C(C)C)c2s1. The lowest BCUT2D eigenvalue weighted by atomic mass is 9.89. The molecule has 2 aliphatic rings. The van der Waals surface area contributed by atoms with Crippen molar-refractivity contribution in [3.63, 3.8) is 0 Å². The Balaban J connectivity index is 1.35. The van der Waals surface area contributed by atoms with Crippen molar-refractivity contribution in [3.05, 3.63) is 64.5 Å². The molecule has 2 aromatic carbocycles. The zero-order valence-corrected chi connectivity index (χ0v) is 58.3. The molecule has 0 saturated carbocycles. The highest BCUT2D eigenvalue weighted by Gasteiger charge is 2.54. The summed E-state index contributed by atoms with van der Waals surface area (Å²) in [7, 11) is 7.20. The number of ether oxygens (including phenoxy) is 11. The van der Waals surface area contributed by atoms with Crippen LogP contribution in [-0.2, 0) is 104 Å². The molecule has 3 unspecified atom stereocenters. The van der Waals surface area contributed by atoms with Gasteiger partial charge in [0, 0.05) is 84.6 Å². The fourth-order valence-corrected chi connectivity index (χ4v) is 13.2.